The molecular formula is C12H19NO3S. The lowest BCUT2D eigenvalue weighted by molar-refractivity contribution is -0.141. The third kappa shape index (κ3) is 2.76. The van der Waals surface area contributed by atoms with E-state index in [9.17, 15) is 9.59 Å². The van der Waals surface area contributed by atoms with Crippen molar-refractivity contribution in [3.8, 4) is 0 Å². The molecule has 0 aromatic heterocycles. The summed E-state index contributed by atoms with van der Waals surface area (Å²) in [6, 6.07) is 0.0571. The molecule has 17 heavy (non-hydrogen) atoms. The number of carbonyl (C=O) groups excluding carboxylic acids is 1. The molecule has 1 unspecified atom stereocenters. The van der Waals surface area contributed by atoms with Gasteiger partial charge in [-0.25, -0.2) is 0 Å². The number of thioether (sulfide) groups is 1. The number of hydrogen-bond donors (Lipinski definition) is 2. The van der Waals surface area contributed by atoms with E-state index in [2.05, 4.69) is 5.32 Å². The lowest BCUT2D eigenvalue weighted by Crippen LogP contribution is -2.44. The van der Waals surface area contributed by atoms with Crippen LogP contribution in [0.5, 0.6) is 0 Å². The Morgan fingerprint density at radius 2 is 2.18 bits per heavy atom. The fourth-order valence-electron chi connectivity index (χ4n) is 2.63. The monoisotopic (exact) mass is 257 g/mol. The van der Waals surface area contributed by atoms with Gasteiger partial charge in [0.05, 0.1) is 10.7 Å². The summed E-state index contributed by atoms with van der Waals surface area (Å²) >= 11 is 1.71. The SMILES string of the molecule is CC1(C(=O)N[C@H]2CC[C@@H](C(=O)O)C2)CCCS1. The first-order valence-corrected chi connectivity index (χ1v) is 7.17. The van der Waals surface area contributed by atoms with E-state index in [4.69, 9.17) is 5.11 Å². The highest BCUT2D eigenvalue weighted by Gasteiger charge is 2.39. The second kappa shape index (κ2) is 4.88. The van der Waals surface area contributed by atoms with Crippen LogP contribution in [0.15, 0.2) is 0 Å². The summed E-state index contributed by atoms with van der Waals surface area (Å²) in [5.41, 5.74) is 0. The van der Waals surface area contributed by atoms with E-state index in [0.717, 1.165) is 25.0 Å². The summed E-state index contributed by atoms with van der Waals surface area (Å²) in [6.45, 7) is 1.99. The Labute approximate surface area is 106 Å². The van der Waals surface area contributed by atoms with Gasteiger partial charge in [-0.1, -0.05) is 0 Å². The van der Waals surface area contributed by atoms with Gasteiger partial charge in [0.2, 0.25) is 5.91 Å². The molecule has 5 heteroatoms. The molecule has 3 atom stereocenters. The standard InChI is InChI=1S/C12H19NO3S/c1-12(5-2-6-17-12)11(16)13-9-4-3-8(7-9)10(14)15/h8-9H,2-7H2,1H3,(H,13,16)(H,14,15)/t8-,9+,12?/m1/s1. The highest BCUT2D eigenvalue weighted by atomic mass is 32.2. The molecule has 1 saturated heterocycles. The largest absolute Gasteiger partial charge is 0.481 e. The van der Waals surface area contributed by atoms with Gasteiger partial charge in [0.25, 0.3) is 0 Å². The van der Waals surface area contributed by atoms with E-state index in [1.165, 1.54) is 0 Å². The molecule has 1 heterocycles. The number of amides is 1. The average Bonchev–Trinajstić information content (AvgIpc) is 2.88. The van der Waals surface area contributed by atoms with Crippen molar-refractivity contribution in [2.45, 2.75) is 49.8 Å². The van der Waals surface area contributed by atoms with Crippen molar-refractivity contribution in [3.63, 3.8) is 0 Å². The van der Waals surface area contributed by atoms with E-state index < -0.39 is 5.97 Å². The number of carboxylic acids is 1. The van der Waals surface area contributed by atoms with Crippen LogP contribution in [0.4, 0.5) is 0 Å². The lowest BCUT2D eigenvalue weighted by Gasteiger charge is -2.24. The Kier molecular flexibility index (Phi) is 3.66. The van der Waals surface area contributed by atoms with Gasteiger partial charge in [0, 0.05) is 6.04 Å². The zero-order chi connectivity index (χ0) is 12.5. The van der Waals surface area contributed by atoms with E-state index in [-0.39, 0.29) is 22.6 Å². The summed E-state index contributed by atoms with van der Waals surface area (Å²) in [4.78, 5) is 23.0. The quantitative estimate of drug-likeness (QED) is 0.806. The molecule has 0 radical (unpaired) electrons. The predicted molar refractivity (Wildman–Crippen MR) is 67.0 cm³/mol. The summed E-state index contributed by atoms with van der Waals surface area (Å²) in [5.74, 6) is 0.135. The van der Waals surface area contributed by atoms with Crippen LogP contribution in [0.3, 0.4) is 0 Å². The van der Waals surface area contributed by atoms with Gasteiger partial charge in [-0.2, -0.15) is 0 Å². The summed E-state index contributed by atoms with van der Waals surface area (Å²) < 4.78 is -0.290. The Morgan fingerprint density at radius 3 is 2.71 bits per heavy atom. The van der Waals surface area contributed by atoms with E-state index in [1.807, 2.05) is 6.92 Å². The van der Waals surface area contributed by atoms with E-state index in [0.29, 0.717) is 12.8 Å². The maximum absolute atomic E-state index is 12.1. The molecule has 1 aliphatic carbocycles. The number of rotatable bonds is 3. The molecule has 0 spiro atoms. The third-order valence-corrected chi connectivity index (χ3v) is 5.34. The van der Waals surface area contributed by atoms with Crippen molar-refractivity contribution in [1.29, 1.82) is 0 Å². The number of carboxylic acid groups (broad SMARTS) is 1. The first kappa shape index (κ1) is 12.7. The molecule has 0 aromatic rings. The molecule has 2 fully saturated rings. The Bertz CT molecular complexity index is 326. The molecular weight excluding hydrogens is 238 g/mol. The van der Waals surface area contributed by atoms with Gasteiger partial charge < -0.3 is 10.4 Å². The van der Waals surface area contributed by atoms with Crippen LogP contribution in [0.1, 0.15) is 39.0 Å². The fraction of sp³-hybridized carbons (Fsp3) is 0.833. The molecule has 2 aliphatic rings. The number of hydrogen-bond acceptors (Lipinski definition) is 3. The second-order valence-corrected chi connectivity index (χ2v) is 6.80. The third-order valence-electron chi connectivity index (χ3n) is 3.82. The number of nitrogens with one attached hydrogen (secondary N) is 1. The van der Waals surface area contributed by atoms with Gasteiger partial charge in [0.1, 0.15) is 0 Å². The fourth-order valence-corrected chi connectivity index (χ4v) is 3.85. The summed E-state index contributed by atoms with van der Waals surface area (Å²) in [5, 5.41) is 11.9. The number of carbonyl (C=O) groups is 2. The van der Waals surface area contributed by atoms with Gasteiger partial charge in [-0.15, -0.1) is 11.8 Å². The van der Waals surface area contributed by atoms with Crippen LogP contribution in [0.25, 0.3) is 0 Å². The molecule has 1 saturated carbocycles. The first-order valence-electron chi connectivity index (χ1n) is 6.19. The zero-order valence-electron chi connectivity index (χ0n) is 10.1. The van der Waals surface area contributed by atoms with Crippen LogP contribution in [-0.4, -0.2) is 33.5 Å². The highest BCUT2D eigenvalue weighted by Crippen LogP contribution is 2.38. The molecule has 4 nitrogen and oxygen atoms in total. The maximum atomic E-state index is 12.1. The molecule has 2 N–H and O–H groups in total. The van der Waals surface area contributed by atoms with Crippen LogP contribution >= 0.6 is 11.8 Å². The van der Waals surface area contributed by atoms with Crippen molar-refractivity contribution in [1.82, 2.24) is 5.32 Å². The predicted octanol–water partition coefficient (Wildman–Crippen LogP) is 1.64. The Morgan fingerprint density at radius 1 is 1.41 bits per heavy atom. The lowest BCUT2D eigenvalue weighted by atomic mass is 10.0. The van der Waals surface area contributed by atoms with Gasteiger partial charge in [0.15, 0.2) is 0 Å². The van der Waals surface area contributed by atoms with Crippen LogP contribution in [0, 0.1) is 5.92 Å². The van der Waals surface area contributed by atoms with Crippen LogP contribution in [0.2, 0.25) is 0 Å². The van der Waals surface area contributed by atoms with Crippen molar-refractivity contribution in [3.05, 3.63) is 0 Å². The molecule has 0 aromatic carbocycles. The average molecular weight is 257 g/mol. The van der Waals surface area contributed by atoms with Crippen LogP contribution in [-0.2, 0) is 9.59 Å². The van der Waals surface area contributed by atoms with Gasteiger partial charge in [-0.05, 0) is 44.8 Å². The van der Waals surface area contributed by atoms with Crippen molar-refractivity contribution >= 4 is 23.6 Å². The second-order valence-electron chi connectivity index (χ2n) is 5.20. The molecule has 96 valence electrons. The first-order chi connectivity index (χ1) is 8.01. The Hall–Kier alpha value is -0.710. The van der Waals surface area contributed by atoms with Gasteiger partial charge >= 0.3 is 5.97 Å². The highest BCUT2D eigenvalue weighted by molar-refractivity contribution is 8.01. The topological polar surface area (TPSA) is 66.4 Å². The van der Waals surface area contributed by atoms with Crippen LogP contribution < -0.4 is 5.32 Å². The normalized spacial score (nSPS) is 37.0. The molecule has 1 aliphatic heterocycles. The molecule has 1 amide bonds. The van der Waals surface area contributed by atoms with Crippen molar-refractivity contribution in [2.24, 2.45) is 5.92 Å². The van der Waals surface area contributed by atoms with Gasteiger partial charge in [-0.3, -0.25) is 9.59 Å². The van der Waals surface area contributed by atoms with E-state index in [1.54, 1.807) is 11.8 Å². The number of aliphatic carboxylic acids is 1. The Balaban J connectivity index is 1.86. The zero-order valence-corrected chi connectivity index (χ0v) is 10.9. The van der Waals surface area contributed by atoms with E-state index >= 15 is 0 Å². The maximum Gasteiger partial charge on any atom is 0.306 e. The minimum atomic E-state index is -0.733. The van der Waals surface area contributed by atoms with Crippen molar-refractivity contribution < 1.29 is 14.7 Å². The smallest absolute Gasteiger partial charge is 0.306 e. The van der Waals surface area contributed by atoms with Crippen molar-refractivity contribution in [2.75, 3.05) is 5.75 Å². The summed E-state index contributed by atoms with van der Waals surface area (Å²) in [6.07, 6.45) is 4.09. The molecule has 0 bridgehead atoms. The molecule has 2 rings (SSSR count). The summed E-state index contributed by atoms with van der Waals surface area (Å²) in [7, 11) is 0. The minimum Gasteiger partial charge on any atom is -0.481 e. The minimum absolute atomic E-state index is 0.0571.